The maximum Gasteiger partial charge on any atom is 0.230 e. The molecule has 0 N–H and O–H groups in total. The predicted molar refractivity (Wildman–Crippen MR) is 50.3 cm³/mol. The van der Waals surface area contributed by atoms with E-state index in [-0.39, 0.29) is 24.2 Å². The SMILES string of the molecule is CC(C)CC(C)N1CC(=O)CC1=O. The molecule has 1 fully saturated rings. The molecule has 0 aromatic rings. The first-order valence-electron chi connectivity index (χ1n) is 4.82. The molecule has 0 aromatic carbocycles. The minimum absolute atomic E-state index is 0.00171. The zero-order valence-electron chi connectivity index (χ0n) is 8.54. The summed E-state index contributed by atoms with van der Waals surface area (Å²) in [5, 5.41) is 0. The van der Waals surface area contributed by atoms with Crippen molar-refractivity contribution < 1.29 is 9.59 Å². The number of carbonyl (C=O) groups excluding carboxylic acids is 2. The van der Waals surface area contributed by atoms with Gasteiger partial charge in [-0.2, -0.15) is 0 Å². The summed E-state index contributed by atoms with van der Waals surface area (Å²) < 4.78 is 0. The molecule has 0 spiro atoms. The van der Waals surface area contributed by atoms with Gasteiger partial charge in [-0.15, -0.1) is 0 Å². The van der Waals surface area contributed by atoms with E-state index >= 15 is 0 Å². The molecule has 0 aromatic heterocycles. The molecule has 1 aliphatic heterocycles. The Morgan fingerprint density at radius 3 is 2.31 bits per heavy atom. The molecule has 3 heteroatoms. The molecule has 1 aliphatic rings. The van der Waals surface area contributed by atoms with Crippen LogP contribution in [0.3, 0.4) is 0 Å². The number of likely N-dealkylation sites (tertiary alicyclic amines) is 1. The third-order valence-electron chi connectivity index (χ3n) is 2.36. The number of carbonyl (C=O) groups is 2. The lowest BCUT2D eigenvalue weighted by atomic mass is 10.0. The lowest BCUT2D eigenvalue weighted by Gasteiger charge is -2.24. The van der Waals surface area contributed by atoms with Crippen LogP contribution in [0.1, 0.15) is 33.6 Å². The Hall–Kier alpha value is -0.860. The van der Waals surface area contributed by atoms with Gasteiger partial charge in [-0.1, -0.05) is 13.8 Å². The lowest BCUT2D eigenvalue weighted by Crippen LogP contribution is -2.35. The standard InChI is InChI=1S/C10H17NO2/c1-7(2)4-8(3)11-6-9(12)5-10(11)13/h7-8H,4-6H2,1-3H3. The molecule has 74 valence electrons. The highest BCUT2D eigenvalue weighted by Crippen LogP contribution is 2.16. The quantitative estimate of drug-likeness (QED) is 0.617. The first-order chi connectivity index (χ1) is 6.00. The fourth-order valence-electron chi connectivity index (χ4n) is 1.82. The van der Waals surface area contributed by atoms with Crippen LogP contribution in [0.15, 0.2) is 0 Å². The summed E-state index contributed by atoms with van der Waals surface area (Å²) in [6.07, 6.45) is 1.08. The third kappa shape index (κ3) is 2.54. The molecule has 0 saturated carbocycles. The van der Waals surface area contributed by atoms with E-state index in [1.807, 2.05) is 6.92 Å². The second-order valence-corrected chi connectivity index (χ2v) is 4.22. The highest BCUT2D eigenvalue weighted by atomic mass is 16.2. The molecule has 1 rings (SSSR count). The van der Waals surface area contributed by atoms with Gasteiger partial charge in [0, 0.05) is 6.04 Å². The maximum atomic E-state index is 11.3. The fraction of sp³-hybridized carbons (Fsp3) is 0.800. The van der Waals surface area contributed by atoms with Crippen molar-refractivity contribution >= 4 is 11.7 Å². The molecule has 0 radical (unpaired) electrons. The van der Waals surface area contributed by atoms with E-state index in [1.165, 1.54) is 0 Å². The Morgan fingerprint density at radius 1 is 1.31 bits per heavy atom. The Labute approximate surface area is 79.1 Å². The average molecular weight is 183 g/mol. The highest BCUT2D eigenvalue weighted by Gasteiger charge is 2.30. The van der Waals surface area contributed by atoms with Crippen molar-refractivity contribution in [1.29, 1.82) is 0 Å². The number of ketones is 1. The van der Waals surface area contributed by atoms with Gasteiger partial charge in [0.15, 0.2) is 5.78 Å². The summed E-state index contributed by atoms with van der Waals surface area (Å²) in [5.74, 6) is 0.622. The minimum Gasteiger partial charge on any atom is -0.332 e. The Morgan fingerprint density at radius 2 is 1.92 bits per heavy atom. The number of Topliss-reactive ketones (excluding diaryl/α,β-unsaturated/α-hetero) is 1. The summed E-state index contributed by atoms with van der Waals surface area (Å²) in [7, 11) is 0. The second kappa shape index (κ2) is 3.90. The van der Waals surface area contributed by atoms with Gasteiger partial charge in [-0.25, -0.2) is 0 Å². The Balaban J connectivity index is 2.52. The largest absolute Gasteiger partial charge is 0.332 e. The van der Waals surface area contributed by atoms with E-state index < -0.39 is 0 Å². The van der Waals surface area contributed by atoms with Crippen LogP contribution in [0.4, 0.5) is 0 Å². The second-order valence-electron chi connectivity index (χ2n) is 4.22. The van der Waals surface area contributed by atoms with Crippen molar-refractivity contribution in [2.75, 3.05) is 6.54 Å². The Kier molecular flexibility index (Phi) is 3.07. The van der Waals surface area contributed by atoms with E-state index in [1.54, 1.807) is 4.90 Å². The van der Waals surface area contributed by atoms with Crippen molar-refractivity contribution in [3.8, 4) is 0 Å². The number of hydrogen-bond donors (Lipinski definition) is 0. The van der Waals surface area contributed by atoms with E-state index in [2.05, 4.69) is 13.8 Å². The number of amides is 1. The van der Waals surface area contributed by atoms with E-state index in [0.29, 0.717) is 12.5 Å². The van der Waals surface area contributed by atoms with Crippen molar-refractivity contribution in [2.24, 2.45) is 5.92 Å². The predicted octanol–water partition coefficient (Wildman–Crippen LogP) is 1.22. The number of hydrogen-bond acceptors (Lipinski definition) is 2. The topological polar surface area (TPSA) is 37.4 Å². The van der Waals surface area contributed by atoms with Gasteiger partial charge in [-0.3, -0.25) is 9.59 Å². The molecular formula is C10H17NO2. The van der Waals surface area contributed by atoms with Crippen molar-refractivity contribution in [2.45, 2.75) is 39.7 Å². The summed E-state index contributed by atoms with van der Waals surface area (Å²) in [4.78, 5) is 24.0. The first kappa shape index (κ1) is 10.2. The molecule has 1 atom stereocenters. The highest BCUT2D eigenvalue weighted by molar-refractivity contribution is 6.05. The number of nitrogens with zero attached hydrogens (tertiary/aromatic N) is 1. The van der Waals surface area contributed by atoms with Gasteiger partial charge in [-0.05, 0) is 19.3 Å². The maximum absolute atomic E-state index is 11.3. The summed E-state index contributed by atoms with van der Waals surface area (Å²) in [6.45, 7) is 6.58. The van der Waals surface area contributed by atoms with Crippen LogP contribution in [0.5, 0.6) is 0 Å². The molecule has 13 heavy (non-hydrogen) atoms. The summed E-state index contributed by atoms with van der Waals surface area (Å²) in [6, 6.07) is 0.207. The first-order valence-corrected chi connectivity index (χ1v) is 4.82. The van der Waals surface area contributed by atoms with Gasteiger partial charge < -0.3 is 4.90 Å². The van der Waals surface area contributed by atoms with Crippen molar-refractivity contribution in [1.82, 2.24) is 4.90 Å². The molecule has 1 unspecified atom stereocenters. The normalized spacial score (nSPS) is 20.2. The van der Waals surface area contributed by atoms with Gasteiger partial charge in [0.2, 0.25) is 5.91 Å². The van der Waals surface area contributed by atoms with Gasteiger partial charge in [0.05, 0.1) is 13.0 Å². The van der Waals surface area contributed by atoms with Crippen LogP contribution >= 0.6 is 0 Å². The van der Waals surface area contributed by atoms with Gasteiger partial charge in [0.1, 0.15) is 0 Å². The molecular weight excluding hydrogens is 166 g/mol. The zero-order valence-corrected chi connectivity index (χ0v) is 8.54. The smallest absolute Gasteiger partial charge is 0.230 e. The summed E-state index contributed by atoms with van der Waals surface area (Å²) >= 11 is 0. The Bertz CT molecular complexity index is 223. The van der Waals surface area contributed by atoms with Crippen LogP contribution < -0.4 is 0 Å². The van der Waals surface area contributed by atoms with E-state index in [4.69, 9.17) is 0 Å². The molecule has 3 nitrogen and oxygen atoms in total. The molecule has 0 aliphatic carbocycles. The monoisotopic (exact) mass is 183 g/mol. The molecule has 1 saturated heterocycles. The fourth-order valence-corrected chi connectivity index (χ4v) is 1.82. The lowest BCUT2D eigenvalue weighted by molar-refractivity contribution is -0.129. The molecule has 1 amide bonds. The van der Waals surface area contributed by atoms with Gasteiger partial charge in [0.25, 0.3) is 0 Å². The van der Waals surface area contributed by atoms with Crippen LogP contribution in [0, 0.1) is 5.92 Å². The van der Waals surface area contributed by atoms with Crippen LogP contribution in [0.2, 0.25) is 0 Å². The number of rotatable bonds is 3. The molecule has 1 heterocycles. The van der Waals surface area contributed by atoms with Crippen LogP contribution in [-0.4, -0.2) is 29.2 Å². The van der Waals surface area contributed by atoms with E-state index in [9.17, 15) is 9.59 Å². The van der Waals surface area contributed by atoms with Crippen LogP contribution in [-0.2, 0) is 9.59 Å². The zero-order chi connectivity index (χ0) is 10.0. The van der Waals surface area contributed by atoms with Crippen molar-refractivity contribution in [3.05, 3.63) is 0 Å². The van der Waals surface area contributed by atoms with E-state index in [0.717, 1.165) is 6.42 Å². The minimum atomic E-state index is -0.00171. The van der Waals surface area contributed by atoms with Gasteiger partial charge >= 0.3 is 0 Å². The third-order valence-corrected chi connectivity index (χ3v) is 2.36. The van der Waals surface area contributed by atoms with Crippen LogP contribution in [0.25, 0.3) is 0 Å². The average Bonchev–Trinajstić information content (AvgIpc) is 2.28. The summed E-state index contributed by atoms with van der Waals surface area (Å²) in [5.41, 5.74) is 0. The van der Waals surface area contributed by atoms with Crippen molar-refractivity contribution in [3.63, 3.8) is 0 Å². The molecule has 0 bridgehead atoms.